The highest BCUT2D eigenvalue weighted by atomic mass is 19.1. The highest BCUT2D eigenvalue weighted by molar-refractivity contribution is 6.02. The van der Waals surface area contributed by atoms with E-state index in [0.29, 0.717) is 0 Å². The van der Waals surface area contributed by atoms with Gasteiger partial charge in [0.15, 0.2) is 12.6 Å². The first-order chi connectivity index (χ1) is 11.2. The second-order valence-electron chi connectivity index (χ2n) is 6.21. The molecule has 1 heterocycles. The minimum absolute atomic E-state index is 0.00895. The van der Waals surface area contributed by atoms with Crippen LogP contribution in [0.5, 0.6) is 0 Å². The zero-order valence-corrected chi connectivity index (χ0v) is 13.3. The maximum atomic E-state index is 13.1. The van der Waals surface area contributed by atoms with Gasteiger partial charge >= 0.3 is 12.0 Å². The molecular formula is C16H16FN3O4. The smallest absolute Gasteiger partial charge is 0.330 e. The van der Waals surface area contributed by atoms with Crippen LogP contribution < -0.4 is 0 Å². The first-order valence-electron chi connectivity index (χ1n) is 7.20. The number of nitriles is 1. The summed E-state index contributed by atoms with van der Waals surface area (Å²) in [6.07, 6.45) is 6.20. The normalized spacial score (nSPS) is 25.3. The van der Waals surface area contributed by atoms with Crippen LogP contribution in [-0.2, 0) is 14.3 Å². The zero-order valence-electron chi connectivity index (χ0n) is 13.3. The molecule has 2 aliphatic rings. The largest absolute Gasteiger partial charge is 0.443 e. The number of esters is 1. The Kier molecular flexibility index (Phi) is 4.61. The minimum Gasteiger partial charge on any atom is -0.443 e. The van der Waals surface area contributed by atoms with E-state index in [2.05, 4.69) is 5.92 Å². The van der Waals surface area contributed by atoms with Crippen LogP contribution >= 0.6 is 0 Å². The van der Waals surface area contributed by atoms with E-state index in [1.54, 1.807) is 13.8 Å². The quantitative estimate of drug-likeness (QED) is 0.324. The van der Waals surface area contributed by atoms with E-state index in [1.807, 2.05) is 0 Å². The molecular weight excluding hydrogens is 317 g/mol. The van der Waals surface area contributed by atoms with Gasteiger partial charge in [-0.2, -0.15) is 9.65 Å². The van der Waals surface area contributed by atoms with Gasteiger partial charge in [0.25, 0.3) is 5.91 Å². The summed E-state index contributed by atoms with van der Waals surface area (Å²) in [5.74, 6) is -0.953. The third-order valence-electron chi connectivity index (χ3n) is 4.34. The lowest BCUT2D eigenvalue weighted by atomic mass is 10.1. The Morgan fingerprint density at radius 2 is 2.21 bits per heavy atom. The fourth-order valence-electron chi connectivity index (χ4n) is 2.81. The Morgan fingerprint density at radius 1 is 1.54 bits per heavy atom. The number of hydrogen-bond acceptors (Lipinski definition) is 5. The molecule has 0 aromatic rings. The number of allylic oxidation sites excluding steroid dienone is 2. The number of carbonyl (C=O) groups excluding carboxylic acids is 3. The van der Waals surface area contributed by atoms with Crippen LogP contribution in [0.15, 0.2) is 11.9 Å². The molecule has 1 aliphatic carbocycles. The van der Waals surface area contributed by atoms with Gasteiger partial charge in [-0.3, -0.25) is 9.59 Å². The lowest BCUT2D eigenvalue weighted by molar-refractivity contribution is -0.151. The molecule has 1 aliphatic heterocycles. The number of terminal acetylenes is 1. The molecule has 3 amide bonds. The van der Waals surface area contributed by atoms with Crippen molar-refractivity contribution >= 4 is 17.9 Å². The van der Waals surface area contributed by atoms with Gasteiger partial charge in [0, 0.05) is 5.92 Å². The Bertz CT molecular complexity index is 701. The molecule has 0 aromatic carbocycles. The number of rotatable bonds is 5. The Balaban J connectivity index is 1.95. The molecule has 0 radical (unpaired) electrons. The average Bonchev–Trinajstić information content (AvgIpc) is 2.94. The second kappa shape index (κ2) is 6.32. The number of amides is 3. The summed E-state index contributed by atoms with van der Waals surface area (Å²) in [6.45, 7) is 2.80. The number of nitrogens with zero attached hydrogens (tertiary/aromatic N) is 3. The highest BCUT2D eigenvalue weighted by Gasteiger charge is 2.62. The zero-order chi connectivity index (χ0) is 18.1. The summed E-state index contributed by atoms with van der Waals surface area (Å²) < 4.78 is 18.1. The van der Waals surface area contributed by atoms with E-state index in [0.717, 1.165) is 15.9 Å². The van der Waals surface area contributed by atoms with Gasteiger partial charge in [0.1, 0.15) is 12.6 Å². The Labute approximate surface area is 138 Å². The summed E-state index contributed by atoms with van der Waals surface area (Å²) in [4.78, 5) is 37.8. The van der Waals surface area contributed by atoms with Gasteiger partial charge in [-0.1, -0.05) is 19.8 Å². The van der Waals surface area contributed by atoms with Crippen LogP contribution in [-0.4, -0.2) is 47.5 Å². The Hall–Kier alpha value is -2.87. The molecule has 0 aromatic heterocycles. The number of ether oxygens (including phenoxy) is 1. The highest BCUT2D eigenvalue weighted by Crippen LogP contribution is 2.59. The molecule has 2 fully saturated rings. The van der Waals surface area contributed by atoms with Gasteiger partial charge in [0.2, 0.25) is 0 Å². The first kappa shape index (κ1) is 17.5. The van der Waals surface area contributed by atoms with Crippen LogP contribution in [0.2, 0.25) is 0 Å². The first-order valence-corrected chi connectivity index (χ1v) is 7.20. The van der Waals surface area contributed by atoms with Gasteiger partial charge in [0.05, 0.1) is 12.5 Å². The average molecular weight is 333 g/mol. The molecule has 1 saturated heterocycles. The van der Waals surface area contributed by atoms with E-state index in [9.17, 15) is 18.8 Å². The van der Waals surface area contributed by atoms with Crippen LogP contribution in [0.25, 0.3) is 0 Å². The van der Waals surface area contributed by atoms with E-state index in [-0.39, 0.29) is 13.1 Å². The summed E-state index contributed by atoms with van der Waals surface area (Å²) in [7, 11) is 0. The standard InChI is InChI=1S/C16H16FN3O4/c1-4-5-19-8-12(21)20(15(19)23)9-24-14(22)13-11(16(13,2)3)6-10(17)7-18/h1,6,11,13H,5,8-9H2,2-3H3/b10-6+. The van der Waals surface area contributed by atoms with E-state index in [4.69, 9.17) is 16.4 Å². The van der Waals surface area contributed by atoms with Crippen molar-refractivity contribution in [2.45, 2.75) is 13.8 Å². The van der Waals surface area contributed by atoms with Crippen LogP contribution in [0.4, 0.5) is 9.18 Å². The van der Waals surface area contributed by atoms with E-state index >= 15 is 0 Å². The van der Waals surface area contributed by atoms with E-state index in [1.165, 1.54) is 6.07 Å². The molecule has 2 atom stereocenters. The number of hydrogen-bond donors (Lipinski definition) is 0. The maximum absolute atomic E-state index is 13.1. The molecule has 0 N–H and O–H groups in total. The molecule has 24 heavy (non-hydrogen) atoms. The van der Waals surface area contributed by atoms with Gasteiger partial charge in [-0.25, -0.2) is 9.69 Å². The molecule has 8 heteroatoms. The summed E-state index contributed by atoms with van der Waals surface area (Å²) in [6, 6.07) is 0.744. The van der Waals surface area contributed by atoms with Crippen molar-refractivity contribution < 1.29 is 23.5 Å². The fourth-order valence-corrected chi connectivity index (χ4v) is 2.81. The summed E-state index contributed by atoms with van der Waals surface area (Å²) in [5.41, 5.74) is -0.556. The third kappa shape index (κ3) is 3.09. The summed E-state index contributed by atoms with van der Waals surface area (Å²) in [5, 5.41) is 8.47. The van der Waals surface area contributed by atoms with Gasteiger partial charge < -0.3 is 9.64 Å². The van der Waals surface area contributed by atoms with Crippen molar-refractivity contribution in [1.29, 1.82) is 5.26 Å². The predicted molar refractivity (Wildman–Crippen MR) is 79.2 cm³/mol. The number of carbonyl (C=O) groups is 3. The van der Waals surface area contributed by atoms with Gasteiger partial charge in [-0.05, 0) is 11.5 Å². The lowest BCUT2D eigenvalue weighted by Gasteiger charge is -2.15. The summed E-state index contributed by atoms with van der Waals surface area (Å²) >= 11 is 0. The van der Waals surface area contributed by atoms with Crippen molar-refractivity contribution in [3.63, 3.8) is 0 Å². The molecule has 0 spiro atoms. The molecule has 126 valence electrons. The SMILES string of the molecule is C#CCN1CC(=O)N(COC(=O)C2C(/C=C(/F)C#N)C2(C)C)C1=O. The molecule has 0 bridgehead atoms. The van der Waals surface area contributed by atoms with Crippen molar-refractivity contribution in [2.24, 2.45) is 17.3 Å². The maximum Gasteiger partial charge on any atom is 0.330 e. The van der Waals surface area contributed by atoms with Crippen LogP contribution in [0.3, 0.4) is 0 Å². The van der Waals surface area contributed by atoms with Crippen LogP contribution in [0.1, 0.15) is 13.8 Å². The van der Waals surface area contributed by atoms with Crippen molar-refractivity contribution in [1.82, 2.24) is 9.80 Å². The predicted octanol–water partition coefficient (Wildman–Crippen LogP) is 1.03. The lowest BCUT2D eigenvalue weighted by Crippen LogP contribution is -2.36. The molecule has 2 unspecified atom stereocenters. The van der Waals surface area contributed by atoms with Crippen molar-refractivity contribution in [2.75, 3.05) is 19.8 Å². The number of urea groups is 1. The Morgan fingerprint density at radius 3 is 2.79 bits per heavy atom. The topological polar surface area (TPSA) is 90.7 Å². The second-order valence-corrected chi connectivity index (χ2v) is 6.21. The third-order valence-corrected chi connectivity index (χ3v) is 4.34. The monoisotopic (exact) mass is 333 g/mol. The molecule has 7 nitrogen and oxygen atoms in total. The number of imide groups is 1. The van der Waals surface area contributed by atoms with Crippen LogP contribution in [0, 0.1) is 40.9 Å². The molecule has 1 saturated carbocycles. The van der Waals surface area contributed by atoms with Crippen molar-refractivity contribution in [3.05, 3.63) is 11.9 Å². The number of halogens is 1. The minimum atomic E-state index is -0.960. The van der Waals surface area contributed by atoms with Crippen molar-refractivity contribution in [3.8, 4) is 18.4 Å². The fraction of sp³-hybridized carbons (Fsp3) is 0.500. The van der Waals surface area contributed by atoms with E-state index < -0.39 is 47.7 Å². The van der Waals surface area contributed by atoms with Gasteiger partial charge in [-0.15, -0.1) is 6.42 Å². The molecule has 2 rings (SSSR count).